The van der Waals surface area contributed by atoms with Gasteiger partial charge in [0, 0.05) is 0 Å². The molecular weight excluding hydrogens is 184 g/mol. The van der Waals surface area contributed by atoms with Gasteiger partial charge in [-0.15, -0.1) is 0 Å². The maximum Gasteiger partial charge on any atom is 0.245 e. The Balaban J connectivity index is 3.63. The number of carbonyl (C=O) groups is 1. The van der Waals surface area contributed by atoms with Crippen LogP contribution in [0.3, 0.4) is 0 Å². The third-order valence-electron chi connectivity index (χ3n) is 1.30. The number of allylic oxidation sites excluding steroid dienone is 6. The minimum atomic E-state index is -0.448. The zero-order valence-corrected chi connectivity index (χ0v) is 8.79. The number of hydrogen-bond donors (Lipinski definition) is 0. The van der Waals surface area contributed by atoms with E-state index in [9.17, 15) is 4.79 Å². The SMILES string of the molecule is CC(C)C/C=C/C=C/C=C/C(=O)Cl. The molecule has 0 aromatic carbocycles. The monoisotopic (exact) mass is 198 g/mol. The molecule has 0 aromatic rings. The summed E-state index contributed by atoms with van der Waals surface area (Å²) >= 11 is 5.08. The molecule has 0 N–H and O–H groups in total. The highest BCUT2D eigenvalue weighted by atomic mass is 35.5. The molecule has 13 heavy (non-hydrogen) atoms. The van der Waals surface area contributed by atoms with Crippen LogP contribution in [0.2, 0.25) is 0 Å². The third kappa shape index (κ3) is 11.2. The molecular formula is C11H15ClO. The van der Waals surface area contributed by atoms with E-state index in [0.717, 1.165) is 6.42 Å². The summed E-state index contributed by atoms with van der Waals surface area (Å²) in [6.45, 7) is 4.33. The molecule has 0 saturated heterocycles. The van der Waals surface area contributed by atoms with Gasteiger partial charge < -0.3 is 0 Å². The van der Waals surface area contributed by atoms with Crippen LogP contribution in [0.1, 0.15) is 20.3 Å². The van der Waals surface area contributed by atoms with Crippen LogP contribution in [0.25, 0.3) is 0 Å². The molecule has 0 saturated carbocycles. The van der Waals surface area contributed by atoms with Crippen molar-refractivity contribution >= 4 is 16.8 Å². The van der Waals surface area contributed by atoms with Gasteiger partial charge in [-0.05, 0) is 30.0 Å². The lowest BCUT2D eigenvalue weighted by molar-refractivity contribution is -0.107. The van der Waals surface area contributed by atoms with Crippen LogP contribution in [0.5, 0.6) is 0 Å². The molecule has 0 radical (unpaired) electrons. The van der Waals surface area contributed by atoms with E-state index >= 15 is 0 Å². The van der Waals surface area contributed by atoms with Gasteiger partial charge in [0.15, 0.2) is 0 Å². The first kappa shape index (κ1) is 12.2. The first-order valence-electron chi connectivity index (χ1n) is 4.32. The molecule has 0 rings (SSSR count). The molecule has 0 amide bonds. The Hall–Kier alpha value is -0.820. The van der Waals surface area contributed by atoms with Gasteiger partial charge in [0.1, 0.15) is 0 Å². The van der Waals surface area contributed by atoms with E-state index in [1.807, 2.05) is 12.2 Å². The second-order valence-electron chi connectivity index (χ2n) is 3.11. The Morgan fingerprint density at radius 1 is 1.23 bits per heavy atom. The topological polar surface area (TPSA) is 17.1 Å². The number of hydrogen-bond acceptors (Lipinski definition) is 1. The summed E-state index contributed by atoms with van der Waals surface area (Å²) in [5.74, 6) is 0.685. The van der Waals surface area contributed by atoms with Gasteiger partial charge in [-0.2, -0.15) is 0 Å². The molecule has 2 heteroatoms. The van der Waals surface area contributed by atoms with E-state index in [-0.39, 0.29) is 0 Å². The fourth-order valence-electron chi connectivity index (χ4n) is 0.689. The van der Waals surface area contributed by atoms with Gasteiger partial charge in [0.25, 0.3) is 0 Å². The summed E-state index contributed by atoms with van der Waals surface area (Å²) in [7, 11) is 0. The molecule has 72 valence electrons. The summed E-state index contributed by atoms with van der Waals surface area (Å²) in [4.78, 5) is 10.2. The molecule has 0 aromatic heterocycles. The number of rotatable bonds is 5. The molecule has 0 spiro atoms. The Morgan fingerprint density at radius 2 is 1.85 bits per heavy atom. The van der Waals surface area contributed by atoms with E-state index in [0.29, 0.717) is 5.92 Å². The molecule has 0 fully saturated rings. The van der Waals surface area contributed by atoms with Crippen LogP contribution in [0.15, 0.2) is 36.5 Å². The zero-order valence-electron chi connectivity index (χ0n) is 8.03. The van der Waals surface area contributed by atoms with E-state index in [2.05, 4.69) is 19.9 Å². The standard InChI is InChI=1S/C11H15ClO/c1-10(2)8-6-4-3-5-7-9-11(12)13/h3-7,9-10H,8H2,1-2H3/b5-3+,6-4+,9-7+. The molecule has 1 nitrogen and oxygen atoms in total. The van der Waals surface area contributed by atoms with Gasteiger partial charge in [-0.3, -0.25) is 4.79 Å². The number of carbonyl (C=O) groups excluding carboxylic acids is 1. The molecule has 0 heterocycles. The molecule has 0 aliphatic heterocycles. The minimum Gasteiger partial charge on any atom is -0.276 e. The smallest absolute Gasteiger partial charge is 0.245 e. The van der Waals surface area contributed by atoms with Gasteiger partial charge in [-0.25, -0.2) is 0 Å². The lowest BCUT2D eigenvalue weighted by atomic mass is 10.1. The Labute approximate surface area is 84.8 Å². The summed E-state index contributed by atoms with van der Waals surface area (Å²) in [6.07, 6.45) is 11.7. The predicted molar refractivity (Wildman–Crippen MR) is 57.7 cm³/mol. The van der Waals surface area contributed by atoms with Gasteiger partial charge in [0.2, 0.25) is 5.24 Å². The average molecular weight is 199 g/mol. The maximum absolute atomic E-state index is 10.2. The predicted octanol–water partition coefficient (Wildman–Crippen LogP) is 3.47. The second kappa shape index (κ2) is 7.81. The Kier molecular flexibility index (Phi) is 7.32. The highest BCUT2D eigenvalue weighted by molar-refractivity contribution is 6.66. The van der Waals surface area contributed by atoms with Crippen LogP contribution in [-0.4, -0.2) is 5.24 Å². The van der Waals surface area contributed by atoms with Crippen molar-refractivity contribution in [2.24, 2.45) is 5.92 Å². The molecule has 0 unspecified atom stereocenters. The highest BCUT2D eigenvalue weighted by Gasteiger charge is 1.84. The van der Waals surface area contributed by atoms with Gasteiger partial charge in [-0.1, -0.05) is 44.2 Å². The summed E-state index contributed by atoms with van der Waals surface area (Å²) in [5, 5.41) is -0.448. The first-order chi connectivity index (χ1) is 6.13. The lowest BCUT2D eigenvalue weighted by Gasteiger charge is -1.94. The van der Waals surface area contributed by atoms with E-state index in [4.69, 9.17) is 11.6 Å². The van der Waals surface area contributed by atoms with Gasteiger partial charge in [0.05, 0.1) is 0 Å². The third-order valence-corrected chi connectivity index (χ3v) is 1.43. The Morgan fingerprint density at radius 3 is 2.38 bits per heavy atom. The normalized spacial score (nSPS) is 12.6. The summed E-state index contributed by atoms with van der Waals surface area (Å²) < 4.78 is 0. The first-order valence-corrected chi connectivity index (χ1v) is 4.70. The molecule has 0 aliphatic rings. The van der Waals surface area contributed by atoms with E-state index < -0.39 is 5.24 Å². The zero-order chi connectivity index (χ0) is 10.1. The van der Waals surface area contributed by atoms with Crippen molar-refractivity contribution in [3.05, 3.63) is 36.5 Å². The minimum absolute atomic E-state index is 0.448. The van der Waals surface area contributed by atoms with Crippen LogP contribution in [0.4, 0.5) is 0 Å². The largest absolute Gasteiger partial charge is 0.276 e. The summed E-state index contributed by atoms with van der Waals surface area (Å²) in [6, 6.07) is 0. The van der Waals surface area contributed by atoms with Crippen molar-refractivity contribution in [2.75, 3.05) is 0 Å². The Bertz CT molecular complexity index is 224. The van der Waals surface area contributed by atoms with Crippen LogP contribution in [0, 0.1) is 5.92 Å². The van der Waals surface area contributed by atoms with Gasteiger partial charge >= 0.3 is 0 Å². The fraction of sp³-hybridized carbons (Fsp3) is 0.364. The highest BCUT2D eigenvalue weighted by Crippen LogP contribution is 1.99. The quantitative estimate of drug-likeness (QED) is 0.376. The van der Waals surface area contributed by atoms with E-state index in [1.165, 1.54) is 6.08 Å². The van der Waals surface area contributed by atoms with Crippen molar-refractivity contribution in [2.45, 2.75) is 20.3 Å². The van der Waals surface area contributed by atoms with Crippen LogP contribution in [-0.2, 0) is 4.79 Å². The number of halogens is 1. The van der Waals surface area contributed by atoms with Crippen molar-refractivity contribution < 1.29 is 4.79 Å². The fourth-order valence-corrected chi connectivity index (χ4v) is 0.762. The molecule has 0 bridgehead atoms. The lowest BCUT2D eigenvalue weighted by Crippen LogP contribution is -1.80. The maximum atomic E-state index is 10.2. The molecule has 0 aliphatic carbocycles. The molecule has 0 atom stereocenters. The summed E-state index contributed by atoms with van der Waals surface area (Å²) in [5.41, 5.74) is 0. The second-order valence-corrected chi connectivity index (χ2v) is 3.48. The average Bonchev–Trinajstić information content (AvgIpc) is 2.01. The van der Waals surface area contributed by atoms with Crippen molar-refractivity contribution in [3.8, 4) is 0 Å². The van der Waals surface area contributed by atoms with E-state index in [1.54, 1.807) is 12.2 Å². The van der Waals surface area contributed by atoms with Crippen molar-refractivity contribution in [1.29, 1.82) is 0 Å². The van der Waals surface area contributed by atoms with Crippen molar-refractivity contribution in [3.63, 3.8) is 0 Å². The van der Waals surface area contributed by atoms with Crippen LogP contribution >= 0.6 is 11.6 Å². The van der Waals surface area contributed by atoms with Crippen molar-refractivity contribution in [1.82, 2.24) is 0 Å². The van der Waals surface area contributed by atoms with Crippen LogP contribution < -0.4 is 0 Å².